The first-order chi connectivity index (χ1) is 9.58. The average molecular weight is 276 g/mol. The molecule has 1 atom stereocenters. The van der Waals surface area contributed by atoms with Crippen LogP contribution >= 0.6 is 0 Å². The molecule has 0 unspecified atom stereocenters. The maximum Gasteiger partial charge on any atom is 0.236 e. The van der Waals surface area contributed by atoms with Crippen LogP contribution in [-0.4, -0.2) is 55.0 Å². The number of rotatable bonds is 4. The van der Waals surface area contributed by atoms with E-state index in [9.17, 15) is 4.79 Å². The zero-order chi connectivity index (χ0) is 14.5. The first kappa shape index (κ1) is 15.0. The van der Waals surface area contributed by atoms with Crippen molar-refractivity contribution >= 4 is 5.91 Å². The molecule has 0 aliphatic carbocycles. The summed E-state index contributed by atoms with van der Waals surface area (Å²) in [5.41, 5.74) is 1.14. The Morgan fingerprint density at radius 1 is 1.40 bits per heavy atom. The molecule has 0 saturated carbocycles. The lowest BCUT2D eigenvalue weighted by Gasteiger charge is -2.34. The maximum atomic E-state index is 12.3. The molecule has 1 aromatic carbocycles. The molecule has 4 heteroatoms. The van der Waals surface area contributed by atoms with Crippen LogP contribution in [0.5, 0.6) is 0 Å². The molecule has 1 fully saturated rings. The van der Waals surface area contributed by atoms with Gasteiger partial charge in [0.15, 0.2) is 0 Å². The third-order valence-corrected chi connectivity index (χ3v) is 3.86. The molecule has 0 aromatic heterocycles. The topological polar surface area (TPSA) is 32.8 Å². The van der Waals surface area contributed by atoms with E-state index in [1.807, 2.05) is 30.1 Å². The maximum absolute atomic E-state index is 12.3. The van der Waals surface area contributed by atoms with Crippen LogP contribution in [0.3, 0.4) is 0 Å². The molecule has 1 aliphatic heterocycles. The molecule has 20 heavy (non-hydrogen) atoms. The second-order valence-electron chi connectivity index (χ2n) is 5.62. The van der Waals surface area contributed by atoms with Crippen molar-refractivity contribution in [1.29, 1.82) is 0 Å². The highest BCUT2D eigenvalue weighted by atomic mass is 16.5. The van der Waals surface area contributed by atoms with Crippen molar-refractivity contribution in [2.24, 2.45) is 0 Å². The SMILES string of the molecule is CC(C)N(C)CC(=O)N1CCO[C@H](c2ccccc2)C1. The van der Waals surface area contributed by atoms with Crippen molar-refractivity contribution in [2.45, 2.75) is 26.0 Å². The second kappa shape index (κ2) is 6.86. The molecule has 0 radical (unpaired) electrons. The number of amides is 1. The average Bonchev–Trinajstić information content (AvgIpc) is 2.48. The van der Waals surface area contributed by atoms with Gasteiger partial charge in [-0.3, -0.25) is 9.69 Å². The van der Waals surface area contributed by atoms with E-state index >= 15 is 0 Å². The fourth-order valence-corrected chi connectivity index (χ4v) is 2.24. The molecule has 1 aromatic rings. The molecule has 1 saturated heterocycles. The van der Waals surface area contributed by atoms with Gasteiger partial charge in [-0.1, -0.05) is 30.3 Å². The number of carbonyl (C=O) groups is 1. The molecule has 1 amide bonds. The highest BCUT2D eigenvalue weighted by molar-refractivity contribution is 5.78. The smallest absolute Gasteiger partial charge is 0.236 e. The Bertz CT molecular complexity index is 433. The monoisotopic (exact) mass is 276 g/mol. The molecule has 110 valence electrons. The minimum absolute atomic E-state index is 0.00161. The quantitative estimate of drug-likeness (QED) is 0.842. The van der Waals surface area contributed by atoms with Crippen LogP contribution < -0.4 is 0 Å². The van der Waals surface area contributed by atoms with Crippen molar-refractivity contribution in [1.82, 2.24) is 9.80 Å². The number of ether oxygens (including phenoxy) is 1. The summed E-state index contributed by atoms with van der Waals surface area (Å²) in [6.45, 7) is 6.61. The lowest BCUT2D eigenvalue weighted by atomic mass is 10.1. The highest BCUT2D eigenvalue weighted by Gasteiger charge is 2.25. The Labute approximate surface area is 121 Å². The molecule has 1 heterocycles. The molecule has 0 bridgehead atoms. The second-order valence-corrected chi connectivity index (χ2v) is 5.62. The van der Waals surface area contributed by atoms with Crippen LogP contribution in [0.1, 0.15) is 25.5 Å². The summed E-state index contributed by atoms with van der Waals surface area (Å²) in [6, 6.07) is 10.5. The molecule has 0 spiro atoms. The Hall–Kier alpha value is -1.39. The van der Waals surface area contributed by atoms with Gasteiger partial charge in [-0.2, -0.15) is 0 Å². The van der Waals surface area contributed by atoms with Gasteiger partial charge in [0.2, 0.25) is 5.91 Å². The summed E-state index contributed by atoms with van der Waals surface area (Å²) in [7, 11) is 1.98. The van der Waals surface area contributed by atoms with E-state index in [2.05, 4.69) is 30.9 Å². The van der Waals surface area contributed by atoms with E-state index in [-0.39, 0.29) is 12.0 Å². The summed E-state index contributed by atoms with van der Waals surface area (Å²) in [4.78, 5) is 16.3. The van der Waals surface area contributed by atoms with Gasteiger partial charge >= 0.3 is 0 Å². The molecule has 1 aliphatic rings. The van der Waals surface area contributed by atoms with E-state index < -0.39 is 0 Å². The number of likely N-dealkylation sites (N-methyl/N-ethyl adjacent to an activating group) is 1. The van der Waals surface area contributed by atoms with Crippen LogP contribution in [-0.2, 0) is 9.53 Å². The van der Waals surface area contributed by atoms with E-state index in [0.717, 1.165) is 5.56 Å². The number of carbonyl (C=O) groups excluding carboxylic acids is 1. The van der Waals surface area contributed by atoms with Gasteiger partial charge in [-0.05, 0) is 26.5 Å². The summed E-state index contributed by atoms with van der Waals surface area (Å²) < 4.78 is 5.79. The summed E-state index contributed by atoms with van der Waals surface area (Å²) in [6.07, 6.45) is -0.00161. The van der Waals surface area contributed by atoms with Gasteiger partial charge in [0.25, 0.3) is 0 Å². The fourth-order valence-electron chi connectivity index (χ4n) is 2.24. The molecule has 0 N–H and O–H groups in total. The van der Waals surface area contributed by atoms with E-state index in [1.54, 1.807) is 0 Å². The summed E-state index contributed by atoms with van der Waals surface area (Å²) in [5, 5.41) is 0. The molecule has 2 rings (SSSR count). The Morgan fingerprint density at radius 3 is 2.75 bits per heavy atom. The van der Waals surface area contributed by atoms with Gasteiger partial charge in [-0.25, -0.2) is 0 Å². The first-order valence-corrected chi connectivity index (χ1v) is 7.22. The lowest BCUT2D eigenvalue weighted by Crippen LogP contribution is -2.47. The van der Waals surface area contributed by atoms with Crippen LogP contribution in [0.15, 0.2) is 30.3 Å². The van der Waals surface area contributed by atoms with Crippen molar-refractivity contribution < 1.29 is 9.53 Å². The van der Waals surface area contributed by atoms with Gasteiger partial charge < -0.3 is 9.64 Å². The summed E-state index contributed by atoms with van der Waals surface area (Å²) in [5.74, 6) is 0.186. The number of hydrogen-bond acceptors (Lipinski definition) is 3. The predicted molar refractivity (Wildman–Crippen MR) is 79.5 cm³/mol. The van der Waals surface area contributed by atoms with Crippen LogP contribution in [0.25, 0.3) is 0 Å². The van der Waals surface area contributed by atoms with Crippen molar-refractivity contribution in [3.63, 3.8) is 0 Å². The molecule has 4 nitrogen and oxygen atoms in total. The van der Waals surface area contributed by atoms with Gasteiger partial charge in [0.1, 0.15) is 6.10 Å². The van der Waals surface area contributed by atoms with Crippen LogP contribution in [0, 0.1) is 0 Å². The number of benzene rings is 1. The minimum atomic E-state index is -0.00161. The molecular weight excluding hydrogens is 252 g/mol. The first-order valence-electron chi connectivity index (χ1n) is 7.22. The van der Waals surface area contributed by atoms with Crippen molar-refractivity contribution in [3.05, 3.63) is 35.9 Å². The van der Waals surface area contributed by atoms with Crippen LogP contribution in [0.4, 0.5) is 0 Å². The lowest BCUT2D eigenvalue weighted by molar-refractivity contribution is -0.140. The Balaban J connectivity index is 1.95. The number of hydrogen-bond donors (Lipinski definition) is 0. The van der Waals surface area contributed by atoms with E-state index in [0.29, 0.717) is 32.3 Å². The van der Waals surface area contributed by atoms with E-state index in [1.165, 1.54) is 0 Å². The normalized spacial score (nSPS) is 19.6. The van der Waals surface area contributed by atoms with E-state index in [4.69, 9.17) is 4.74 Å². The fraction of sp³-hybridized carbons (Fsp3) is 0.562. The van der Waals surface area contributed by atoms with Gasteiger partial charge in [-0.15, -0.1) is 0 Å². The third kappa shape index (κ3) is 3.81. The standard InChI is InChI=1S/C16H24N2O2/c1-13(2)17(3)12-16(19)18-9-10-20-15(11-18)14-7-5-4-6-8-14/h4-8,13,15H,9-12H2,1-3H3/t15-/m0/s1. The predicted octanol–water partition coefficient (Wildman–Crippen LogP) is 1.93. The molecular formula is C16H24N2O2. The van der Waals surface area contributed by atoms with Gasteiger partial charge in [0.05, 0.1) is 19.7 Å². The van der Waals surface area contributed by atoms with Crippen molar-refractivity contribution in [2.75, 3.05) is 33.3 Å². The number of nitrogens with zero attached hydrogens (tertiary/aromatic N) is 2. The zero-order valence-electron chi connectivity index (χ0n) is 12.6. The van der Waals surface area contributed by atoms with Crippen LogP contribution in [0.2, 0.25) is 0 Å². The van der Waals surface area contributed by atoms with Crippen molar-refractivity contribution in [3.8, 4) is 0 Å². The Morgan fingerprint density at radius 2 is 2.10 bits per heavy atom. The third-order valence-electron chi connectivity index (χ3n) is 3.86. The highest BCUT2D eigenvalue weighted by Crippen LogP contribution is 2.21. The number of morpholine rings is 1. The Kier molecular flexibility index (Phi) is 5.15. The minimum Gasteiger partial charge on any atom is -0.370 e. The zero-order valence-corrected chi connectivity index (χ0v) is 12.6. The summed E-state index contributed by atoms with van der Waals surface area (Å²) >= 11 is 0. The van der Waals surface area contributed by atoms with Gasteiger partial charge in [0, 0.05) is 12.6 Å². The largest absolute Gasteiger partial charge is 0.370 e.